The van der Waals surface area contributed by atoms with E-state index in [4.69, 9.17) is 5.73 Å². The number of nitrogens with zero attached hydrogens (tertiary/aromatic N) is 2. The summed E-state index contributed by atoms with van der Waals surface area (Å²) >= 11 is 0. The van der Waals surface area contributed by atoms with E-state index in [-0.39, 0.29) is 6.42 Å². The zero-order valence-corrected chi connectivity index (χ0v) is 9.74. The molecule has 0 saturated carbocycles. The predicted octanol–water partition coefficient (Wildman–Crippen LogP) is 2.36. The lowest BCUT2D eigenvalue weighted by Gasteiger charge is -2.27. The summed E-state index contributed by atoms with van der Waals surface area (Å²) in [4.78, 5) is 5.90. The Morgan fingerprint density at radius 3 is 2.61 bits per heavy atom. The van der Waals surface area contributed by atoms with E-state index < -0.39 is 11.7 Å². The van der Waals surface area contributed by atoms with E-state index in [2.05, 4.69) is 4.98 Å². The van der Waals surface area contributed by atoms with Gasteiger partial charge in [-0.25, -0.2) is 4.98 Å². The molecule has 98 valence electrons. The fourth-order valence-corrected chi connectivity index (χ4v) is 1.90. The lowest BCUT2D eigenvalue weighted by atomic mass is 10.1. The van der Waals surface area contributed by atoms with Crippen LogP contribution in [0.5, 0.6) is 0 Å². The number of rotatable bonds is 2. The minimum atomic E-state index is -4.19. The van der Waals surface area contributed by atoms with E-state index in [0.29, 0.717) is 25.5 Å². The fraction of sp³-hybridized carbons (Fsp3) is 0.417. The van der Waals surface area contributed by atoms with Gasteiger partial charge in [0.25, 0.3) is 0 Å². The van der Waals surface area contributed by atoms with Gasteiger partial charge in [0.2, 0.25) is 0 Å². The van der Waals surface area contributed by atoms with Crippen LogP contribution in [0.1, 0.15) is 12.0 Å². The van der Waals surface area contributed by atoms with Gasteiger partial charge in [-0.3, -0.25) is 4.90 Å². The maximum Gasteiger partial charge on any atom is 0.412 e. The Morgan fingerprint density at radius 2 is 2.11 bits per heavy atom. The Morgan fingerprint density at radius 1 is 1.33 bits per heavy atom. The van der Waals surface area contributed by atoms with Gasteiger partial charge in [0.1, 0.15) is 5.82 Å². The van der Waals surface area contributed by atoms with E-state index >= 15 is 0 Å². The molecular weight excluding hydrogens is 243 g/mol. The Bertz CT molecular complexity index is 437. The molecule has 0 aliphatic carbocycles. The van der Waals surface area contributed by atoms with E-state index in [0.717, 1.165) is 5.56 Å². The first kappa shape index (κ1) is 12.9. The Labute approximate surface area is 103 Å². The summed E-state index contributed by atoms with van der Waals surface area (Å²) in [5, 5.41) is 0. The number of halogens is 3. The molecule has 1 aromatic rings. The number of hydrogen-bond donors (Lipinski definition) is 1. The first-order valence-corrected chi connectivity index (χ1v) is 5.64. The molecule has 18 heavy (non-hydrogen) atoms. The lowest BCUT2D eigenvalue weighted by molar-refractivity contribution is -0.0960. The minimum Gasteiger partial charge on any atom is -0.384 e. The highest BCUT2D eigenvalue weighted by Gasteiger charge is 2.34. The number of anilines is 1. The standard InChI is InChI=1S/C12H14F3N3/c13-12(14,15)10-3-5-18(6-4-10)8-9-1-2-11(16)17-7-9/h1-3,7H,4-6,8H2,(H2,16,17). The molecule has 1 aliphatic heterocycles. The topological polar surface area (TPSA) is 42.1 Å². The van der Waals surface area contributed by atoms with Crippen LogP contribution in [-0.2, 0) is 6.54 Å². The number of alkyl halides is 3. The molecule has 0 bridgehead atoms. The van der Waals surface area contributed by atoms with Crippen LogP contribution in [0.2, 0.25) is 0 Å². The van der Waals surface area contributed by atoms with Gasteiger partial charge in [0.05, 0.1) is 0 Å². The molecule has 0 spiro atoms. The average molecular weight is 257 g/mol. The maximum absolute atomic E-state index is 12.4. The summed E-state index contributed by atoms with van der Waals surface area (Å²) in [5.41, 5.74) is 6.00. The second kappa shape index (κ2) is 4.97. The number of nitrogen functional groups attached to an aromatic ring is 1. The summed E-state index contributed by atoms with van der Waals surface area (Å²) in [7, 11) is 0. The second-order valence-electron chi connectivity index (χ2n) is 4.30. The molecular formula is C12H14F3N3. The van der Waals surface area contributed by atoms with Crippen LogP contribution in [0, 0.1) is 0 Å². The summed E-state index contributed by atoms with van der Waals surface area (Å²) in [5.74, 6) is 0.441. The van der Waals surface area contributed by atoms with Gasteiger partial charge >= 0.3 is 6.18 Å². The van der Waals surface area contributed by atoms with Crippen LogP contribution in [0.3, 0.4) is 0 Å². The van der Waals surface area contributed by atoms with Gasteiger partial charge < -0.3 is 5.73 Å². The molecule has 6 heteroatoms. The van der Waals surface area contributed by atoms with Crippen molar-refractivity contribution in [3.63, 3.8) is 0 Å². The second-order valence-corrected chi connectivity index (χ2v) is 4.30. The SMILES string of the molecule is Nc1ccc(CN2CC=C(C(F)(F)F)CC2)cn1. The highest BCUT2D eigenvalue weighted by Crippen LogP contribution is 2.30. The highest BCUT2D eigenvalue weighted by atomic mass is 19.4. The van der Waals surface area contributed by atoms with Crippen molar-refractivity contribution in [3.8, 4) is 0 Å². The third kappa shape index (κ3) is 3.22. The van der Waals surface area contributed by atoms with Crippen LogP contribution >= 0.6 is 0 Å². The fourth-order valence-electron chi connectivity index (χ4n) is 1.90. The van der Waals surface area contributed by atoms with E-state index in [1.54, 1.807) is 12.3 Å². The van der Waals surface area contributed by atoms with Crippen molar-refractivity contribution in [1.29, 1.82) is 0 Å². The molecule has 0 amide bonds. The summed E-state index contributed by atoms with van der Waals surface area (Å²) in [6.45, 7) is 1.32. The van der Waals surface area contributed by atoms with Crippen LogP contribution in [-0.4, -0.2) is 29.1 Å². The monoisotopic (exact) mass is 257 g/mol. The molecule has 1 aliphatic rings. The molecule has 2 heterocycles. The number of pyridine rings is 1. The van der Waals surface area contributed by atoms with Crippen molar-refractivity contribution in [2.24, 2.45) is 0 Å². The van der Waals surface area contributed by atoms with Crippen molar-refractivity contribution in [2.45, 2.75) is 19.1 Å². The number of hydrogen-bond acceptors (Lipinski definition) is 3. The van der Waals surface area contributed by atoms with Crippen LogP contribution in [0.15, 0.2) is 30.0 Å². The Hall–Kier alpha value is -1.56. The Kier molecular flexibility index (Phi) is 3.56. The zero-order valence-electron chi connectivity index (χ0n) is 9.74. The largest absolute Gasteiger partial charge is 0.412 e. The number of nitrogens with two attached hydrogens (primary N) is 1. The van der Waals surface area contributed by atoms with Crippen molar-refractivity contribution in [2.75, 3.05) is 18.8 Å². The molecule has 0 saturated heterocycles. The van der Waals surface area contributed by atoms with Gasteiger partial charge in [0.15, 0.2) is 0 Å². The Balaban J connectivity index is 1.94. The van der Waals surface area contributed by atoms with Gasteiger partial charge in [-0.2, -0.15) is 13.2 Å². The molecule has 0 aromatic carbocycles. The van der Waals surface area contributed by atoms with Crippen LogP contribution in [0.4, 0.5) is 19.0 Å². The smallest absolute Gasteiger partial charge is 0.384 e. The first-order chi connectivity index (χ1) is 8.45. The molecule has 1 aromatic heterocycles. The normalized spacial score (nSPS) is 17.6. The van der Waals surface area contributed by atoms with E-state index in [1.807, 2.05) is 11.0 Å². The van der Waals surface area contributed by atoms with Crippen LogP contribution in [0.25, 0.3) is 0 Å². The highest BCUT2D eigenvalue weighted by molar-refractivity contribution is 5.29. The predicted molar refractivity (Wildman–Crippen MR) is 62.7 cm³/mol. The van der Waals surface area contributed by atoms with Crippen molar-refractivity contribution in [1.82, 2.24) is 9.88 Å². The first-order valence-electron chi connectivity index (χ1n) is 5.64. The molecule has 0 radical (unpaired) electrons. The van der Waals surface area contributed by atoms with E-state index in [9.17, 15) is 13.2 Å². The molecule has 2 rings (SSSR count). The molecule has 0 unspecified atom stereocenters. The molecule has 3 nitrogen and oxygen atoms in total. The van der Waals surface area contributed by atoms with Crippen molar-refractivity contribution < 1.29 is 13.2 Å². The van der Waals surface area contributed by atoms with Gasteiger partial charge in [-0.1, -0.05) is 12.1 Å². The van der Waals surface area contributed by atoms with Gasteiger partial charge in [-0.15, -0.1) is 0 Å². The van der Waals surface area contributed by atoms with E-state index in [1.165, 1.54) is 6.08 Å². The molecule has 0 atom stereocenters. The minimum absolute atomic E-state index is 0.0475. The van der Waals surface area contributed by atoms with Gasteiger partial charge in [-0.05, 0) is 18.1 Å². The summed E-state index contributed by atoms with van der Waals surface area (Å²) < 4.78 is 37.3. The summed E-state index contributed by atoms with van der Waals surface area (Å²) in [6.07, 6.45) is -1.23. The van der Waals surface area contributed by atoms with Crippen LogP contribution < -0.4 is 5.73 Å². The number of aromatic nitrogens is 1. The van der Waals surface area contributed by atoms with Crippen molar-refractivity contribution in [3.05, 3.63) is 35.5 Å². The third-order valence-electron chi connectivity index (χ3n) is 2.91. The third-order valence-corrected chi connectivity index (χ3v) is 2.91. The zero-order chi connectivity index (χ0) is 13.2. The summed E-state index contributed by atoms with van der Waals surface area (Å²) in [6, 6.07) is 3.53. The van der Waals surface area contributed by atoms with Crippen molar-refractivity contribution >= 4 is 5.82 Å². The molecule has 2 N–H and O–H groups in total. The van der Waals surface area contributed by atoms with Gasteiger partial charge in [0, 0.05) is 31.4 Å². The quantitative estimate of drug-likeness (QED) is 0.827. The maximum atomic E-state index is 12.4. The molecule has 0 fully saturated rings. The average Bonchev–Trinajstić information content (AvgIpc) is 2.32. The lowest BCUT2D eigenvalue weighted by Crippen LogP contribution is -2.31.